The molecule has 1 amide bonds. The average Bonchev–Trinajstić information content (AvgIpc) is 2.54. The number of hydrogen-bond acceptors (Lipinski definition) is 4. The summed E-state index contributed by atoms with van der Waals surface area (Å²) in [6.45, 7) is 7.72. The van der Waals surface area contributed by atoms with Crippen molar-refractivity contribution in [3.8, 4) is 0 Å². The Morgan fingerprint density at radius 1 is 1.50 bits per heavy atom. The third-order valence-corrected chi connectivity index (χ3v) is 4.55. The van der Waals surface area contributed by atoms with Gasteiger partial charge < -0.3 is 10.2 Å². The Morgan fingerprint density at radius 2 is 2.36 bits per heavy atom. The van der Waals surface area contributed by atoms with E-state index < -0.39 is 0 Å². The Morgan fingerprint density at radius 3 is 3.09 bits per heavy atom. The van der Waals surface area contributed by atoms with Crippen LogP contribution < -0.4 is 5.32 Å². The molecule has 1 aromatic rings. The van der Waals surface area contributed by atoms with Gasteiger partial charge in [0.25, 0.3) is 0 Å². The largest absolute Gasteiger partial charge is 0.338 e. The molecule has 2 aliphatic rings. The summed E-state index contributed by atoms with van der Waals surface area (Å²) in [6, 6.07) is 0. The summed E-state index contributed by atoms with van der Waals surface area (Å²) in [5.41, 5.74) is 2.26. The third kappa shape index (κ3) is 3.46. The van der Waals surface area contributed by atoms with Gasteiger partial charge in [0.15, 0.2) is 0 Å². The van der Waals surface area contributed by atoms with Crippen molar-refractivity contribution in [2.45, 2.75) is 52.0 Å². The Hall–Kier alpha value is -1.49. The van der Waals surface area contributed by atoms with E-state index in [4.69, 9.17) is 4.98 Å². The van der Waals surface area contributed by atoms with Gasteiger partial charge >= 0.3 is 0 Å². The molecule has 0 unspecified atom stereocenters. The van der Waals surface area contributed by atoms with Gasteiger partial charge in [0.2, 0.25) is 5.91 Å². The van der Waals surface area contributed by atoms with Gasteiger partial charge in [-0.05, 0) is 25.3 Å². The first-order valence-electron chi connectivity index (χ1n) is 8.46. The molecule has 3 heterocycles. The van der Waals surface area contributed by atoms with Crippen LogP contribution >= 0.6 is 0 Å². The van der Waals surface area contributed by atoms with Crippen molar-refractivity contribution >= 4 is 5.91 Å². The highest BCUT2D eigenvalue weighted by atomic mass is 16.2. The van der Waals surface area contributed by atoms with Crippen molar-refractivity contribution in [3.63, 3.8) is 0 Å². The lowest BCUT2D eigenvalue weighted by Gasteiger charge is -2.29. The number of nitrogens with one attached hydrogen (secondary N) is 1. The van der Waals surface area contributed by atoms with Crippen molar-refractivity contribution in [1.29, 1.82) is 0 Å². The summed E-state index contributed by atoms with van der Waals surface area (Å²) in [5, 5.41) is 3.42. The van der Waals surface area contributed by atoms with E-state index >= 15 is 0 Å². The van der Waals surface area contributed by atoms with E-state index in [-0.39, 0.29) is 5.91 Å². The maximum Gasteiger partial charge on any atom is 0.223 e. The van der Waals surface area contributed by atoms with E-state index in [0.717, 1.165) is 43.1 Å². The summed E-state index contributed by atoms with van der Waals surface area (Å²) in [6.07, 6.45) is 5.80. The minimum Gasteiger partial charge on any atom is -0.338 e. The van der Waals surface area contributed by atoms with Gasteiger partial charge in [-0.2, -0.15) is 0 Å². The molecular formula is C17H26N4O. The van der Waals surface area contributed by atoms with E-state index in [0.29, 0.717) is 24.8 Å². The quantitative estimate of drug-likeness (QED) is 0.926. The molecule has 120 valence electrons. The number of rotatable bonds is 3. The van der Waals surface area contributed by atoms with Gasteiger partial charge in [-0.15, -0.1) is 0 Å². The molecule has 1 aromatic heterocycles. The first kappa shape index (κ1) is 15.4. The SMILES string of the molecule is CC(C)CC(=O)N1CCc2nc([C@H]3CCCNC3)ncc2C1. The van der Waals surface area contributed by atoms with Crippen molar-refractivity contribution in [1.82, 2.24) is 20.2 Å². The summed E-state index contributed by atoms with van der Waals surface area (Å²) >= 11 is 0. The third-order valence-electron chi connectivity index (χ3n) is 4.55. The number of hydrogen-bond donors (Lipinski definition) is 1. The summed E-state index contributed by atoms with van der Waals surface area (Å²) in [4.78, 5) is 23.5. The summed E-state index contributed by atoms with van der Waals surface area (Å²) < 4.78 is 0. The van der Waals surface area contributed by atoms with E-state index in [1.807, 2.05) is 11.1 Å². The van der Waals surface area contributed by atoms with Gasteiger partial charge in [0.1, 0.15) is 5.82 Å². The van der Waals surface area contributed by atoms with Gasteiger partial charge in [0.05, 0.1) is 5.69 Å². The maximum absolute atomic E-state index is 12.2. The molecule has 5 nitrogen and oxygen atoms in total. The van der Waals surface area contributed by atoms with Crippen LogP contribution in [0.4, 0.5) is 0 Å². The van der Waals surface area contributed by atoms with E-state index in [9.17, 15) is 4.79 Å². The standard InChI is InChI=1S/C17H26N4O/c1-12(2)8-16(22)21-7-5-15-14(11-21)10-19-17(20-15)13-4-3-6-18-9-13/h10,12-13,18H,3-9,11H2,1-2H3/t13-/m0/s1. The molecule has 1 saturated heterocycles. The maximum atomic E-state index is 12.2. The second kappa shape index (κ2) is 6.73. The molecule has 0 radical (unpaired) electrons. The number of fused-ring (bicyclic) bond motifs is 1. The highest BCUT2D eigenvalue weighted by molar-refractivity contribution is 5.76. The van der Waals surface area contributed by atoms with E-state index in [1.54, 1.807) is 0 Å². The van der Waals surface area contributed by atoms with Gasteiger partial charge in [-0.3, -0.25) is 4.79 Å². The Labute approximate surface area is 132 Å². The molecule has 0 aromatic carbocycles. The minimum atomic E-state index is 0.251. The van der Waals surface area contributed by atoms with Crippen LogP contribution in [-0.2, 0) is 17.8 Å². The first-order valence-corrected chi connectivity index (χ1v) is 8.46. The van der Waals surface area contributed by atoms with Crippen molar-refractivity contribution in [2.75, 3.05) is 19.6 Å². The smallest absolute Gasteiger partial charge is 0.223 e. The topological polar surface area (TPSA) is 58.1 Å². The van der Waals surface area contributed by atoms with Crippen LogP contribution in [-0.4, -0.2) is 40.4 Å². The molecule has 22 heavy (non-hydrogen) atoms. The van der Waals surface area contributed by atoms with Crippen LogP contribution in [0.5, 0.6) is 0 Å². The van der Waals surface area contributed by atoms with Crippen LogP contribution in [0.25, 0.3) is 0 Å². The Balaban J connectivity index is 1.69. The molecule has 1 fully saturated rings. The summed E-state index contributed by atoms with van der Waals surface area (Å²) in [5.74, 6) is 2.08. The molecule has 3 rings (SSSR count). The fraction of sp³-hybridized carbons (Fsp3) is 0.706. The lowest BCUT2D eigenvalue weighted by molar-refractivity contribution is -0.132. The minimum absolute atomic E-state index is 0.251. The molecule has 0 bridgehead atoms. The van der Waals surface area contributed by atoms with Crippen LogP contribution in [0.3, 0.4) is 0 Å². The molecule has 0 saturated carbocycles. The second-order valence-electron chi connectivity index (χ2n) is 6.91. The molecular weight excluding hydrogens is 276 g/mol. The fourth-order valence-electron chi connectivity index (χ4n) is 3.29. The molecule has 1 atom stereocenters. The second-order valence-corrected chi connectivity index (χ2v) is 6.91. The zero-order chi connectivity index (χ0) is 15.5. The van der Waals surface area contributed by atoms with E-state index in [1.165, 1.54) is 12.8 Å². The Kier molecular flexibility index (Phi) is 4.71. The molecule has 0 aliphatic carbocycles. The average molecular weight is 302 g/mol. The number of carbonyl (C=O) groups excluding carboxylic acids is 1. The van der Waals surface area contributed by atoms with E-state index in [2.05, 4.69) is 24.1 Å². The molecule has 0 spiro atoms. The number of amides is 1. The van der Waals surface area contributed by atoms with Crippen LogP contribution in [0.15, 0.2) is 6.20 Å². The van der Waals surface area contributed by atoms with Crippen LogP contribution in [0, 0.1) is 5.92 Å². The van der Waals surface area contributed by atoms with Crippen molar-refractivity contribution in [3.05, 3.63) is 23.3 Å². The van der Waals surface area contributed by atoms with Crippen molar-refractivity contribution < 1.29 is 4.79 Å². The number of aromatic nitrogens is 2. The molecule has 2 aliphatic heterocycles. The highest BCUT2D eigenvalue weighted by Gasteiger charge is 2.24. The van der Waals surface area contributed by atoms with Gasteiger partial charge in [0, 0.05) is 50.2 Å². The zero-order valence-corrected chi connectivity index (χ0v) is 13.6. The molecule has 5 heteroatoms. The van der Waals surface area contributed by atoms with Gasteiger partial charge in [-0.1, -0.05) is 13.8 Å². The monoisotopic (exact) mass is 302 g/mol. The summed E-state index contributed by atoms with van der Waals surface area (Å²) in [7, 11) is 0. The number of piperidine rings is 1. The molecule has 1 N–H and O–H groups in total. The van der Waals surface area contributed by atoms with Crippen LogP contribution in [0.2, 0.25) is 0 Å². The number of carbonyl (C=O) groups is 1. The first-order chi connectivity index (χ1) is 10.6. The Bertz CT molecular complexity index is 537. The highest BCUT2D eigenvalue weighted by Crippen LogP contribution is 2.23. The predicted octanol–water partition coefficient (Wildman–Crippen LogP) is 1.87. The van der Waals surface area contributed by atoms with Crippen LogP contribution in [0.1, 0.15) is 56.1 Å². The lowest BCUT2D eigenvalue weighted by Crippen LogP contribution is -2.37. The van der Waals surface area contributed by atoms with Gasteiger partial charge in [-0.25, -0.2) is 9.97 Å². The predicted molar refractivity (Wildman–Crippen MR) is 85.5 cm³/mol. The lowest BCUT2D eigenvalue weighted by atomic mass is 9.98. The number of nitrogens with zero attached hydrogens (tertiary/aromatic N) is 3. The zero-order valence-electron chi connectivity index (χ0n) is 13.6. The normalized spacial score (nSPS) is 21.8. The fourth-order valence-corrected chi connectivity index (χ4v) is 3.29. The van der Waals surface area contributed by atoms with Crippen molar-refractivity contribution in [2.24, 2.45) is 5.92 Å².